The van der Waals surface area contributed by atoms with Crippen LogP contribution in [0.15, 0.2) is 16.6 Å². The summed E-state index contributed by atoms with van der Waals surface area (Å²) in [4.78, 5) is 41.0. The first-order valence-corrected chi connectivity index (χ1v) is 10.7. The van der Waals surface area contributed by atoms with E-state index in [2.05, 4.69) is 15.6 Å². The number of hydrogen-bond donors (Lipinski definition) is 2. The first-order valence-electron chi connectivity index (χ1n) is 10.7. The zero-order valence-electron chi connectivity index (χ0n) is 21.2. The monoisotopic (exact) mass is 441 g/mol. The second-order valence-electron chi connectivity index (χ2n) is 8.66. The third-order valence-corrected chi connectivity index (χ3v) is 3.97. The molecule has 0 spiro atoms. The number of hydrogen-bond acceptors (Lipinski definition) is 6. The summed E-state index contributed by atoms with van der Waals surface area (Å²) in [5.41, 5.74) is -0.335. The number of esters is 1. The maximum absolute atomic E-state index is 12.9. The SMILES string of the molecule is C/C=C(\C=NC)CC(C)(C)NC(=O)[C@H](C[C@H](C)C(=O)OC)NC(=O)OC(C)(C)C.CC. The second-order valence-corrected chi connectivity index (χ2v) is 8.66. The number of rotatable bonds is 9. The van der Waals surface area contributed by atoms with Gasteiger partial charge in [-0.3, -0.25) is 14.6 Å². The van der Waals surface area contributed by atoms with E-state index in [1.807, 2.05) is 40.7 Å². The van der Waals surface area contributed by atoms with E-state index in [-0.39, 0.29) is 6.42 Å². The van der Waals surface area contributed by atoms with Crippen molar-refractivity contribution in [2.45, 2.75) is 92.3 Å². The minimum absolute atomic E-state index is 0.0840. The van der Waals surface area contributed by atoms with Crippen molar-refractivity contribution in [3.8, 4) is 0 Å². The van der Waals surface area contributed by atoms with Crippen LogP contribution in [0.1, 0.15) is 75.2 Å². The molecule has 0 unspecified atom stereocenters. The fourth-order valence-corrected chi connectivity index (χ4v) is 2.70. The number of carbonyl (C=O) groups is 3. The van der Waals surface area contributed by atoms with Crippen molar-refractivity contribution in [3.05, 3.63) is 11.6 Å². The van der Waals surface area contributed by atoms with Crippen molar-refractivity contribution in [3.63, 3.8) is 0 Å². The maximum Gasteiger partial charge on any atom is 0.408 e. The van der Waals surface area contributed by atoms with Crippen molar-refractivity contribution in [1.82, 2.24) is 10.6 Å². The molecule has 0 bridgehead atoms. The summed E-state index contributed by atoms with van der Waals surface area (Å²) in [5.74, 6) is -1.43. The van der Waals surface area contributed by atoms with Crippen LogP contribution in [0, 0.1) is 5.92 Å². The van der Waals surface area contributed by atoms with Crippen molar-refractivity contribution in [2.24, 2.45) is 10.9 Å². The maximum atomic E-state index is 12.9. The highest BCUT2D eigenvalue weighted by Gasteiger charge is 2.31. The molecule has 180 valence electrons. The minimum Gasteiger partial charge on any atom is -0.469 e. The molecule has 2 atom stereocenters. The molecule has 8 nitrogen and oxygen atoms in total. The standard InChI is InChI=1S/C21H37N3O5.C2H6/c1-10-15(13-22-8)12-21(6,7)24-17(25)16(11-14(2)18(26)28-9)23-19(27)29-20(3,4)5;1-2/h10,13-14,16H,11-12H2,1-9H3,(H,23,27)(H,24,25);1-2H3/b15-10-,22-13?;/t14-,16-;/m0./s1. The van der Waals surface area contributed by atoms with Crippen LogP contribution in [0.25, 0.3) is 0 Å². The molecule has 0 aromatic heterocycles. The molecule has 0 aromatic carbocycles. The molecule has 0 fully saturated rings. The van der Waals surface area contributed by atoms with Gasteiger partial charge in [-0.05, 0) is 60.0 Å². The lowest BCUT2D eigenvalue weighted by atomic mass is 9.93. The number of carbonyl (C=O) groups excluding carboxylic acids is 3. The summed E-state index contributed by atoms with van der Waals surface area (Å²) in [5, 5.41) is 5.52. The van der Waals surface area contributed by atoms with Gasteiger partial charge in [0, 0.05) is 18.8 Å². The summed E-state index contributed by atoms with van der Waals surface area (Å²) in [6.07, 6.45) is 3.58. The highest BCUT2D eigenvalue weighted by molar-refractivity contribution is 5.87. The quantitative estimate of drug-likeness (QED) is 0.415. The molecule has 0 aliphatic rings. The minimum atomic E-state index is -0.952. The van der Waals surface area contributed by atoms with Crippen LogP contribution in [0.5, 0.6) is 0 Å². The van der Waals surface area contributed by atoms with Crippen LogP contribution in [-0.4, -0.2) is 55.5 Å². The molecule has 0 heterocycles. The summed E-state index contributed by atoms with van der Waals surface area (Å²) < 4.78 is 9.99. The number of allylic oxidation sites excluding steroid dienone is 1. The number of ether oxygens (including phenoxy) is 2. The first-order chi connectivity index (χ1) is 14.2. The molecular weight excluding hydrogens is 398 g/mol. The Balaban J connectivity index is 0. The Hall–Kier alpha value is -2.38. The zero-order valence-corrected chi connectivity index (χ0v) is 21.2. The van der Waals surface area contributed by atoms with Gasteiger partial charge in [-0.1, -0.05) is 26.8 Å². The Kier molecular flexibility index (Phi) is 14.5. The van der Waals surface area contributed by atoms with Crippen molar-refractivity contribution in [1.29, 1.82) is 0 Å². The summed E-state index contributed by atoms with van der Waals surface area (Å²) >= 11 is 0. The van der Waals surface area contributed by atoms with E-state index in [1.54, 1.807) is 41.0 Å². The number of alkyl carbamates (subject to hydrolysis) is 1. The van der Waals surface area contributed by atoms with Crippen LogP contribution in [0.4, 0.5) is 4.79 Å². The molecule has 0 saturated carbocycles. The molecule has 0 radical (unpaired) electrons. The molecule has 0 saturated heterocycles. The molecule has 0 aromatic rings. The molecular formula is C23H43N3O5. The average molecular weight is 442 g/mol. The van der Waals surface area contributed by atoms with E-state index >= 15 is 0 Å². The molecule has 0 aliphatic carbocycles. The van der Waals surface area contributed by atoms with E-state index in [4.69, 9.17) is 9.47 Å². The van der Waals surface area contributed by atoms with Crippen molar-refractivity contribution >= 4 is 24.2 Å². The Morgan fingerprint density at radius 3 is 2.06 bits per heavy atom. The summed E-state index contributed by atoms with van der Waals surface area (Å²) in [7, 11) is 2.97. The number of aliphatic imine (C=N–C) groups is 1. The fourth-order valence-electron chi connectivity index (χ4n) is 2.70. The van der Waals surface area contributed by atoms with Crippen LogP contribution in [0.2, 0.25) is 0 Å². The smallest absolute Gasteiger partial charge is 0.408 e. The molecule has 2 N–H and O–H groups in total. The molecule has 0 aliphatic heterocycles. The Labute approximate surface area is 188 Å². The van der Waals surface area contributed by atoms with Crippen LogP contribution in [-0.2, 0) is 19.1 Å². The van der Waals surface area contributed by atoms with Gasteiger partial charge in [0.2, 0.25) is 5.91 Å². The predicted molar refractivity (Wildman–Crippen MR) is 125 cm³/mol. The van der Waals surface area contributed by atoms with Crippen molar-refractivity contribution < 1.29 is 23.9 Å². The topological polar surface area (TPSA) is 106 Å². The molecule has 8 heteroatoms. The number of amides is 2. The highest BCUT2D eigenvalue weighted by atomic mass is 16.6. The fraction of sp³-hybridized carbons (Fsp3) is 0.739. The zero-order chi connectivity index (χ0) is 24.8. The third kappa shape index (κ3) is 14.3. The van der Waals surface area contributed by atoms with Crippen LogP contribution < -0.4 is 10.6 Å². The molecule has 31 heavy (non-hydrogen) atoms. The van der Waals surface area contributed by atoms with E-state index in [1.165, 1.54) is 7.11 Å². The lowest BCUT2D eigenvalue weighted by Crippen LogP contribution is -2.54. The Bertz CT molecular complexity index is 634. The van der Waals surface area contributed by atoms with Gasteiger partial charge in [-0.15, -0.1) is 0 Å². The number of nitrogens with zero attached hydrogens (tertiary/aromatic N) is 1. The van der Waals surface area contributed by atoms with Crippen LogP contribution >= 0.6 is 0 Å². The van der Waals surface area contributed by atoms with Gasteiger partial charge in [0.1, 0.15) is 11.6 Å². The van der Waals surface area contributed by atoms with Gasteiger partial charge in [0.25, 0.3) is 0 Å². The largest absolute Gasteiger partial charge is 0.469 e. The number of methoxy groups -OCH3 is 1. The lowest BCUT2D eigenvalue weighted by Gasteiger charge is -2.30. The van der Waals surface area contributed by atoms with E-state index in [0.717, 1.165) is 5.57 Å². The molecule has 2 amide bonds. The van der Waals surface area contributed by atoms with E-state index < -0.39 is 41.1 Å². The van der Waals surface area contributed by atoms with Gasteiger partial charge < -0.3 is 20.1 Å². The Morgan fingerprint density at radius 1 is 1.10 bits per heavy atom. The third-order valence-electron chi connectivity index (χ3n) is 3.97. The molecule has 0 rings (SSSR count). The van der Waals surface area contributed by atoms with Crippen molar-refractivity contribution in [2.75, 3.05) is 14.2 Å². The first kappa shape index (κ1) is 30.8. The Morgan fingerprint density at radius 2 is 1.65 bits per heavy atom. The van der Waals surface area contributed by atoms with E-state index in [9.17, 15) is 14.4 Å². The number of nitrogens with one attached hydrogen (secondary N) is 2. The van der Waals surface area contributed by atoms with Gasteiger partial charge >= 0.3 is 12.1 Å². The second kappa shape index (κ2) is 14.6. The highest BCUT2D eigenvalue weighted by Crippen LogP contribution is 2.17. The summed E-state index contributed by atoms with van der Waals surface area (Å²) in [6.45, 7) is 16.5. The van der Waals surface area contributed by atoms with Gasteiger partial charge in [0.15, 0.2) is 0 Å². The van der Waals surface area contributed by atoms with Crippen LogP contribution in [0.3, 0.4) is 0 Å². The van der Waals surface area contributed by atoms with Gasteiger partial charge in [-0.25, -0.2) is 4.79 Å². The van der Waals surface area contributed by atoms with E-state index in [0.29, 0.717) is 6.42 Å². The van der Waals surface area contributed by atoms with Gasteiger partial charge in [0.05, 0.1) is 13.0 Å². The van der Waals surface area contributed by atoms with Gasteiger partial charge in [-0.2, -0.15) is 0 Å². The summed E-state index contributed by atoms with van der Waals surface area (Å²) in [6, 6.07) is -0.952. The predicted octanol–water partition coefficient (Wildman–Crippen LogP) is 4.04. The average Bonchev–Trinajstić information content (AvgIpc) is 2.65. The normalized spacial score (nSPS) is 14.1. The lowest BCUT2D eigenvalue weighted by molar-refractivity contribution is -0.145.